The molecule has 1 saturated heterocycles. The lowest BCUT2D eigenvalue weighted by molar-refractivity contribution is -0.123. The maximum absolute atomic E-state index is 13.6. The Labute approximate surface area is 113 Å². The number of nitrogens with one attached hydrogen (secondary N) is 2. The molecule has 1 aliphatic rings. The number of rotatable bonds is 4. The van der Waals surface area contributed by atoms with Crippen LogP contribution in [0.2, 0.25) is 0 Å². The fourth-order valence-corrected chi connectivity index (χ4v) is 2.49. The average Bonchev–Trinajstić information content (AvgIpc) is 2.58. The molecule has 2 N–H and O–H groups in total. The third kappa shape index (κ3) is 4.03. The monoisotopic (exact) mass is 264 g/mol. The minimum absolute atomic E-state index is 0.0675. The topological polar surface area (TPSA) is 41.1 Å². The smallest absolute Gasteiger partial charge is 0.237 e. The molecule has 0 unspecified atom stereocenters. The van der Waals surface area contributed by atoms with Crippen LogP contribution in [-0.2, 0) is 11.2 Å². The summed E-state index contributed by atoms with van der Waals surface area (Å²) in [5, 5.41) is 6.21. The SMILES string of the molecule is C[C@H](Cc1ccccc1F)N[C@H]1CCCCNC1=O. The standard InChI is InChI=1S/C15H21FN2O/c1-11(10-12-6-2-3-7-13(12)16)18-14-8-4-5-9-17-15(14)19/h2-3,6-7,11,14,18H,4-5,8-10H2,1H3,(H,17,19)/t11-,14+/m1/s1. The first kappa shape index (κ1) is 14.0. The summed E-state index contributed by atoms with van der Waals surface area (Å²) in [6.45, 7) is 2.75. The zero-order valence-electron chi connectivity index (χ0n) is 11.3. The Kier molecular flexibility index (Phi) is 4.91. The van der Waals surface area contributed by atoms with Crippen LogP contribution in [0.25, 0.3) is 0 Å². The first-order valence-electron chi connectivity index (χ1n) is 6.94. The predicted octanol–water partition coefficient (Wildman–Crippen LogP) is 2.02. The molecule has 1 aromatic carbocycles. The van der Waals surface area contributed by atoms with E-state index in [0.717, 1.165) is 25.8 Å². The van der Waals surface area contributed by atoms with E-state index in [9.17, 15) is 9.18 Å². The van der Waals surface area contributed by atoms with Gasteiger partial charge in [-0.2, -0.15) is 0 Å². The third-order valence-corrected chi connectivity index (χ3v) is 3.50. The van der Waals surface area contributed by atoms with Gasteiger partial charge in [-0.3, -0.25) is 4.79 Å². The molecule has 2 rings (SSSR count). The van der Waals surface area contributed by atoms with Crippen LogP contribution < -0.4 is 10.6 Å². The molecular formula is C15H21FN2O. The molecule has 1 aliphatic heterocycles. The summed E-state index contributed by atoms with van der Waals surface area (Å²) in [5.41, 5.74) is 0.691. The molecule has 0 aliphatic carbocycles. The van der Waals surface area contributed by atoms with Gasteiger partial charge in [0.25, 0.3) is 0 Å². The number of carbonyl (C=O) groups is 1. The van der Waals surface area contributed by atoms with Crippen LogP contribution in [0.5, 0.6) is 0 Å². The zero-order valence-corrected chi connectivity index (χ0v) is 11.3. The van der Waals surface area contributed by atoms with Crippen LogP contribution in [-0.4, -0.2) is 24.5 Å². The largest absolute Gasteiger partial charge is 0.355 e. The lowest BCUT2D eigenvalue weighted by Crippen LogP contribution is -2.47. The van der Waals surface area contributed by atoms with Gasteiger partial charge in [-0.05, 0) is 44.2 Å². The molecule has 19 heavy (non-hydrogen) atoms. The minimum atomic E-state index is -0.179. The van der Waals surface area contributed by atoms with Gasteiger partial charge in [0.05, 0.1) is 6.04 Å². The summed E-state index contributed by atoms with van der Waals surface area (Å²) in [4.78, 5) is 11.8. The summed E-state index contributed by atoms with van der Waals surface area (Å²) in [6.07, 6.45) is 3.53. The number of halogens is 1. The lowest BCUT2D eigenvalue weighted by Gasteiger charge is -2.21. The number of carbonyl (C=O) groups excluding carboxylic acids is 1. The van der Waals surface area contributed by atoms with E-state index < -0.39 is 0 Å². The first-order valence-corrected chi connectivity index (χ1v) is 6.94. The van der Waals surface area contributed by atoms with E-state index in [1.807, 2.05) is 13.0 Å². The first-order chi connectivity index (χ1) is 9.16. The minimum Gasteiger partial charge on any atom is -0.355 e. The van der Waals surface area contributed by atoms with Crippen molar-refractivity contribution in [3.8, 4) is 0 Å². The van der Waals surface area contributed by atoms with Crippen LogP contribution in [0.3, 0.4) is 0 Å². The Balaban J connectivity index is 1.91. The van der Waals surface area contributed by atoms with E-state index in [1.54, 1.807) is 12.1 Å². The molecule has 2 atom stereocenters. The molecule has 104 valence electrons. The maximum Gasteiger partial charge on any atom is 0.237 e. The second-order valence-corrected chi connectivity index (χ2v) is 5.20. The summed E-state index contributed by atoms with van der Waals surface area (Å²) in [5.74, 6) is -0.112. The molecule has 1 heterocycles. The van der Waals surface area contributed by atoms with Gasteiger partial charge in [0.1, 0.15) is 5.82 Å². The molecular weight excluding hydrogens is 243 g/mol. The van der Waals surface area contributed by atoms with Gasteiger partial charge in [-0.15, -0.1) is 0 Å². The quantitative estimate of drug-likeness (QED) is 0.873. The van der Waals surface area contributed by atoms with E-state index in [4.69, 9.17) is 0 Å². The van der Waals surface area contributed by atoms with Crippen molar-refractivity contribution in [2.45, 2.75) is 44.7 Å². The van der Waals surface area contributed by atoms with E-state index in [2.05, 4.69) is 10.6 Å². The molecule has 1 aromatic rings. The molecule has 0 spiro atoms. The van der Waals surface area contributed by atoms with Crippen molar-refractivity contribution in [2.75, 3.05) is 6.54 Å². The van der Waals surface area contributed by atoms with E-state index in [1.165, 1.54) is 6.07 Å². The highest BCUT2D eigenvalue weighted by atomic mass is 19.1. The molecule has 3 nitrogen and oxygen atoms in total. The van der Waals surface area contributed by atoms with Gasteiger partial charge < -0.3 is 10.6 Å². The van der Waals surface area contributed by atoms with Crippen molar-refractivity contribution >= 4 is 5.91 Å². The molecule has 0 aromatic heterocycles. The highest BCUT2D eigenvalue weighted by molar-refractivity contribution is 5.81. The van der Waals surface area contributed by atoms with Crippen molar-refractivity contribution in [1.29, 1.82) is 0 Å². The Hall–Kier alpha value is -1.42. The Morgan fingerprint density at radius 3 is 3.00 bits per heavy atom. The summed E-state index contributed by atoms with van der Waals surface area (Å²) in [6, 6.07) is 6.72. The highest BCUT2D eigenvalue weighted by Gasteiger charge is 2.22. The number of hydrogen-bond acceptors (Lipinski definition) is 2. The summed E-state index contributed by atoms with van der Waals surface area (Å²) < 4.78 is 13.6. The maximum atomic E-state index is 13.6. The van der Waals surface area contributed by atoms with Crippen LogP contribution in [0.1, 0.15) is 31.7 Å². The van der Waals surface area contributed by atoms with Gasteiger partial charge in [0, 0.05) is 12.6 Å². The molecule has 4 heteroatoms. The third-order valence-electron chi connectivity index (χ3n) is 3.50. The van der Waals surface area contributed by atoms with Crippen molar-refractivity contribution in [3.63, 3.8) is 0 Å². The van der Waals surface area contributed by atoms with Crippen molar-refractivity contribution < 1.29 is 9.18 Å². The van der Waals surface area contributed by atoms with Crippen LogP contribution in [0, 0.1) is 5.82 Å². The van der Waals surface area contributed by atoms with Crippen LogP contribution in [0.15, 0.2) is 24.3 Å². The van der Waals surface area contributed by atoms with E-state index >= 15 is 0 Å². The Morgan fingerprint density at radius 2 is 2.21 bits per heavy atom. The number of benzene rings is 1. The molecule has 0 radical (unpaired) electrons. The van der Waals surface area contributed by atoms with Gasteiger partial charge in [0.2, 0.25) is 5.91 Å². The molecule has 0 bridgehead atoms. The van der Waals surface area contributed by atoms with E-state index in [-0.39, 0.29) is 23.8 Å². The lowest BCUT2D eigenvalue weighted by atomic mass is 10.0. The molecule has 1 amide bonds. The van der Waals surface area contributed by atoms with E-state index in [0.29, 0.717) is 12.0 Å². The predicted molar refractivity (Wildman–Crippen MR) is 73.4 cm³/mol. The average molecular weight is 264 g/mol. The fraction of sp³-hybridized carbons (Fsp3) is 0.533. The van der Waals surface area contributed by atoms with Gasteiger partial charge in [-0.25, -0.2) is 4.39 Å². The number of amides is 1. The molecule has 1 fully saturated rings. The van der Waals surface area contributed by atoms with Gasteiger partial charge >= 0.3 is 0 Å². The molecule has 0 saturated carbocycles. The zero-order chi connectivity index (χ0) is 13.7. The summed E-state index contributed by atoms with van der Waals surface area (Å²) in [7, 11) is 0. The fourth-order valence-electron chi connectivity index (χ4n) is 2.49. The second-order valence-electron chi connectivity index (χ2n) is 5.20. The second kappa shape index (κ2) is 6.66. The number of hydrogen-bond donors (Lipinski definition) is 2. The van der Waals surface area contributed by atoms with Crippen LogP contribution >= 0.6 is 0 Å². The van der Waals surface area contributed by atoms with Crippen LogP contribution in [0.4, 0.5) is 4.39 Å². The van der Waals surface area contributed by atoms with Crippen molar-refractivity contribution in [3.05, 3.63) is 35.6 Å². The van der Waals surface area contributed by atoms with Crippen molar-refractivity contribution in [2.24, 2.45) is 0 Å². The Morgan fingerprint density at radius 1 is 1.42 bits per heavy atom. The van der Waals surface area contributed by atoms with Crippen molar-refractivity contribution in [1.82, 2.24) is 10.6 Å². The highest BCUT2D eigenvalue weighted by Crippen LogP contribution is 2.11. The summed E-state index contributed by atoms with van der Waals surface area (Å²) >= 11 is 0. The van der Waals surface area contributed by atoms with Gasteiger partial charge in [0.15, 0.2) is 0 Å². The Bertz CT molecular complexity index is 436. The van der Waals surface area contributed by atoms with Gasteiger partial charge in [-0.1, -0.05) is 18.2 Å². The normalized spacial score (nSPS) is 21.6.